The van der Waals surface area contributed by atoms with Gasteiger partial charge in [-0.25, -0.2) is 18.2 Å². The molecule has 2 saturated carbocycles. The number of likely N-dealkylation sites (tertiary alicyclic amines) is 1. The van der Waals surface area contributed by atoms with Crippen LogP contribution in [0.15, 0.2) is 61.3 Å². The van der Waals surface area contributed by atoms with E-state index < -0.39 is 74.0 Å². The Balaban J connectivity index is 1.33. The summed E-state index contributed by atoms with van der Waals surface area (Å²) >= 11 is 6.33. The molecule has 0 bridgehead atoms. The van der Waals surface area contributed by atoms with E-state index in [1.165, 1.54) is 36.4 Å². The fraction of sp³-hybridized carbons (Fsp3) is 0.432. The smallest absolute Gasteiger partial charge is 0.335 e. The molecule has 282 valence electrons. The largest absolute Gasteiger partial charge is 0.494 e. The average Bonchev–Trinajstić information content (AvgIpc) is 4.03. The molecular formula is C37H42ClN5O9S. The minimum absolute atomic E-state index is 0.00443. The zero-order valence-electron chi connectivity index (χ0n) is 29.7. The lowest BCUT2D eigenvalue weighted by molar-refractivity contribution is -0.141. The monoisotopic (exact) mass is 767 g/mol. The number of carbonyl (C=O) groups excluding carboxylic acids is 3. The molecular weight excluding hydrogens is 726 g/mol. The predicted octanol–water partition coefficient (Wildman–Crippen LogP) is 4.14. The first-order valence-electron chi connectivity index (χ1n) is 17.2. The number of aromatic nitrogens is 1. The van der Waals surface area contributed by atoms with E-state index in [-0.39, 0.29) is 30.8 Å². The number of hydrogen-bond donors (Lipinski definition) is 4. The number of carbonyl (C=O) groups is 4. The molecule has 1 saturated heterocycles. The summed E-state index contributed by atoms with van der Waals surface area (Å²) < 4.78 is 39.4. The normalized spacial score (nSPS) is 23.1. The number of sulfonamides is 1. The van der Waals surface area contributed by atoms with Crippen LogP contribution in [-0.4, -0.2) is 89.7 Å². The van der Waals surface area contributed by atoms with Crippen LogP contribution in [0.3, 0.4) is 0 Å². The summed E-state index contributed by atoms with van der Waals surface area (Å²) in [5.74, 6) is -3.00. The lowest BCUT2D eigenvalue weighted by Crippen LogP contribution is -2.58. The Morgan fingerprint density at radius 3 is 2.49 bits per heavy atom. The molecule has 0 spiro atoms. The second-order valence-electron chi connectivity index (χ2n) is 14.8. The van der Waals surface area contributed by atoms with Crippen molar-refractivity contribution in [3.63, 3.8) is 0 Å². The number of pyridine rings is 1. The molecule has 0 unspecified atom stereocenters. The number of carboxylic acid groups (broad SMARTS) is 1. The van der Waals surface area contributed by atoms with E-state index in [1.807, 2.05) is 20.8 Å². The highest BCUT2D eigenvalue weighted by Gasteiger charge is 2.62. The zero-order valence-corrected chi connectivity index (χ0v) is 31.3. The van der Waals surface area contributed by atoms with Crippen molar-refractivity contribution in [3.8, 4) is 11.6 Å². The van der Waals surface area contributed by atoms with Crippen molar-refractivity contribution < 1.29 is 42.2 Å². The summed E-state index contributed by atoms with van der Waals surface area (Å²) in [6.45, 7) is 9.20. The number of hydrogen-bond acceptors (Lipinski definition) is 10. The van der Waals surface area contributed by atoms with Crippen LogP contribution in [0, 0.1) is 11.3 Å². The van der Waals surface area contributed by atoms with Crippen molar-refractivity contribution in [2.75, 3.05) is 19.0 Å². The molecule has 53 heavy (non-hydrogen) atoms. The highest BCUT2D eigenvalue weighted by atomic mass is 35.5. The maximum absolute atomic E-state index is 14.7. The summed E-state index contributed by atoms with van der Waals surface area (Å²) in [4.78, 5) is 60.0. The fourth-order valence-electron chi connectivity index (χ4n) is 6.70. The van der Waals surface area contributed by atoms with Gasteiger partial charge in [-0.05, 0) is 61.1 Å². The SMILES string of the molecule is C=C[C@@H]1C[C@]1(NC(=O)[C@@H]1C[C@@H](Oc2ncc(OC)c3ccc(Cl)cc23)CN1C(=O)[C@@H](Nc1cccc(C(=O)O)c1)C(C)(C)C)C(=O)NS(=O)(=O)C1CC1. The lowest BCUT2D eigenvalue weighted by atomic mass is 9.85. The number of halogens is 1. The summed E-state index contributed by atoms with van der Waals surface area (Å²) in [6.07, 6.45) is 3.24. The number of carboxylic acids is 1. The highest BCUT2D eigenvalue weighted by Crippen LogP contribution is 2.46. The lowest BCUT2D eigenvalue weighted by Gasteiger charge is -2.36. The maximum Gasteiger partial charge on any atom is 0.335 e. The van der Waals surface area contributed by atoms with Gasteiger partial charge in [0, 0.05) is 33.8 Å². The van der Waals surface area contributed by atoms with Crippen molar-refractivity contribution in [1.29, 1.82) is 0 Å². The van der Waals surface area contributed by atoms with Crippen LogP contribution in [0.4, 0.5) is 5.69 Å². The maximum atomic E-state index is 14.7. The molecule has 2 aromatic carbocycles. The van der Waals surface area contributed by atoms with Crippen LogP contribution in [-0.2, 0) is 24.4 Å². The van der Waals surface area contributed by atoms with E-state index in [4.69, 9.17) is 21.1 Å². The Bertz CT molecular complexity index is 2100. The van der Waals surface area contributed by atoms with Crippen LogP contribution in [0.5, 0.6) is 11.6 Å². The van der Waals surface area contributed by atoms with Gasteiger partial charge in [0.15, 0.2) is 0 Å². The molecule has 2 heterocycles. The fourth-order valence-corrected chi connectivity index (χ4v) is 8.23. The molecule has 4 N–H and O–H groups in total. The first-order chi connectivity index (χ1) is 25.0. The second-order valence-corrected chi connectivity index (χ2v) is 17.2. The van der Waals surface area contributed by atoms with E-state index in [2.05, 4.69) is 26.9 Å². The van der Waals surface area contributed by atoms with Crippen LogP contribution in [0.2, 0.25) is 5.02 Å². The molecule has 1 aromatic heterocycles. The van der Waals surface area contributed by atoms with Gasteiger partial charge in [-0.1, -0.05) is 44.5 Å². The van der Waals surface area contributed by atoms with Gasteiger partial charge in [0.25, 0.3) is 5.91 Å². The van der Waals surface area contributed by atoms with Gasteiger partial charge in [0.2, 0.25) is 27.7 Å². The number of aromatic carboxylic acids is 1. The van der Waals surface area contributed by atoms with Crippen molar-refractivity contribution >= 4 is 61.8 Å². The molecule has 0 radical (unpaired) electrons. The van der Waals surface area contributed by atoms with Crippen molar-refractivity contribution in [3.05, 3.63) is 71.9 Å². The van der Waals surface area contributed by atoms with Crippen molar-refractivity contribution in [2.45, 2.75) is 75.4 Å². The molecule has 2 aliphatic carbocycles. The molecule has 3 aliphatic rings. The predicted molar refractivity (Wildman–Crippen MR) is 197 cm³/mol. The number of anilines is 1. The van der Waals surface area contributed by atoms with E-state index in [0.29, 0.717) is 40.1 Å². The highest BCUT2D eigenvalue weighted by molar-refractivity contribution is 7.91. The Labute approximate surface area is 312 Å². The molecule has 3 amide bonds. The van der Waals surface area contributed by atoms with Gasteiger partial charge < -0.3 is 30.1 Å². The van der Waals surface area contributed by atoms with E-state index in [1.54, 1.807) is 30.3 Å². The number of fused-ring (bicyclic) bond motifs is 1. The van der Waals surface area contributed by atoms with Crippen molar-refractivity contribution in [1.82, 2.24) is 19.9 Å². The number of ether oxygens (including phenoxy) is 2. The third kappa shape index (κ3) is 7.77. The first-order valence-corrected chi connectivity index (χ1v) is 19.1. The van der Waals surface area contributed by atoms with Crippen LogP contribution >= 0.6 is 11.6 Å². The molecule has 3 fully saturated rings. The molecule has 3 aromatic rings. The molecule has 16 heteroatoms. The van der Waals surface area contributed by atoms with Gasteiger partial charge in [0.05, 0.1) is 30.7 Å². The number of nitrogens with one attached hydrogen (secondary N) is 3. The standard InChI is InChI=1S/C37H42ClN5O9S/c1-6-21-17-37(21,35(48)42-53(49,50)25-11-12-25)41-31(44)28-16-24(52-32-27-15-22(38)10-13-26(27)29(51-5)18-39-32)19-43(28)33(45)30(36(2,3)4)40-23-9-7-8-20(14-23)34(46)47/h6-10,13-15,18,21,24-25,28,30,40H,1,11-12,16-17,19H2,2-5H3,(H,41,44)(H,42,48)(H,46,47)/t21-,24-,28+,30-,37-/m1/s1. The summed E-state index contributed by atoms with van der Waals surface area (Å²) in [6, 6.07) is 9.09. The quantitative estimate of drug-likeness (QED) is 0.183. The molecule has 6 rings (SSSR count). The Kier molecular flexibility index (Phi) is 10.1. The summed E-state index contributed by atoms with van der Waals surface area (Å²) in [5, 5.41) is 16.5. The summed E-state index contributed by atoms with van der Waals surface area (Å²) in [5.41, 5.74) is -1.91. The molecule has 5 atom stereocenters. The third-order valence-electron chi connectivity index (χ3n) is 9.91. The van der Waals surface area contributed by atoms with Gasteiger partial charge in [-0.3, -0.25) is 19.1 Å². The van der Waals surface area contributed by atoms with Gasteiger partial charge in [-0.2, -0.15) is 0 Å². The van der Waals surface area contributed by atoms with Crippen molar-refractivity contribution in [2.24, 2.45) is 11.3 Å². The average molecular weight is 768 g/mol. The van der Waals surface area contributed by atoms with Gasteiger partial charge in [0.1, 0.15) is 29.5 Å². The van der Waals surface area contributed by atoms with E-state index in [0.717, 1.165) is 0 Å². The van der Waals surface area contributed by atoms with Crippen LogP contribution in [0.1, 0.15) is 56.8 Å². The number of nitrogens with zero attached hydrogens (tertiary/aromatic N) is 2. The summed E-state index contributed by atoms with van der Waals surface area (Å²) in [7, 11) is -2.40. The third-order valence-corrected chi connectivity index (χ3v) is 12.0. The minimum atomic E-state index is -3.92. The molecule has 14 nitrogen and oxygen atoms in total. The van der Waals surface area contributed by atoms with E-state index in [9.17, 15) is 32.7 Å². The number of rotatable bonds is 13. The molecule has 1 aliphatic heterocycles. The van der Waals surface area contributed by atoms with Crippen LogP contribution in [0.25, 0.3) is 10.8 Å². The minimum Gasteiger partial charge on any atom is -0.494 e. The second kappa shape index (κ2) is 14.2. The Morgan fingerprint density at radius 1 is 1.13 bits per heavy atom. The first kappa shape index (κ1) is 37.9. The number of benzene rings is 2. The topological polar surface area (TPSA) is 193 Å². The zero-order chi connectivity index (χ0) is 38.5. The van der Waals surface area contributed by atoms with Crippen LogP contribution < -0.4 is 24.8 Å². The van der Waals surface area contributed by atoms with Gasteiger partial charge in [-0.15, -0.1) is 6.58 Å². The number of amides is 3. The number of methoxy groups -OCH3 is 1. The van der Waals surface area contributed by atoms with E-state index >= 15 is 0 Å². The Morgan fingerprint density at radius 2 is 1.87 bits per heavy atom. The Hall–Kier alpha value is -4.89. The van der Waals surface area contributed by atoms with Gasteiger partial charge >= 0.3 is 5.97 Å².